The van der Waals surface area contributed by atoms with Crippen molar-refractivity contribution < 1.29 is 18.3 Å². The number of rotatable bonds is 18. The SMILES string of the molecule is CCCC[N+]1(CC[NH+](CC[N+]2(CCCC)CCCC2)CC[N+]2(CCCC)CCCC2)CCCC1. The van der Waals surface area contributed by atoms with Gasteiger partial charge in [0, 0.05) is 38.5 Å². The first-order valence-electron chi connectivity index (χ1n) is 16.0. The number of hydrogen-bond donors (Lipinski definition) is 1. The Labute approximate surface area is 214 Å². The lowest BCUT2D eigenvalue weighted by atomic mass is 10.2. The van der Waals surface area contributed by atoms with E-state index in [2.05, 4.69) is 20.8 Å². The lowest BCUT2D eigenvalue weighted by Gasteiger charge is -2.39. The number of likely N-dealkylation sites (tertiary alicyclic amines) is 3. The summed E-state index contributed by atoms with van der Waals surface area (Å²) in [7, 11) is 0. The fourth-order valence-electron chi connectivity index (χ4n) is 7.74. The standard InChI is InChI=1S/C30H63N4/c1-4-7-19-32(22-10-11-23-32)28-16-31(17-29-33(20-8-5-2)24-12-13-25-33)18-30-34(21-9-6-3)26-14-15-27-34/h4-30H2,1-3H3/q+3/p+1. The van der Waals surface area contributed by atoms with Crippen molar-refractivity contribution >= 4 is 0 Å². The van der Waals surface area contributed by atoms with E-state index >= 15 is 0 Å². The molecule has 0 unspecified atom stereocenters. The van der Waals surface area contributed by atoms with Gasteiger partial charge in [0.1, 0.15) is 39.3 Å². The van der Waals surface area contributed by atoms with Crippen molar-refractivity contribution in [3.8, 4) is 0 Å². The second-order valence-electron chi connectivity index (χ2n) is 12.9. The van der Waals surface area contributed by atoms with E-state index in [9.17, 15) is 0 Å². The van der Waals surface area contributed by atoms with Crippen LogP contribution in [0.3, 0.4) is 0 Å². The van der Waals surface area contributed by atoms with E-state index in [0.29, 0.717) is 0 Å². The Hall–Kier alpha value is -0.160. The van der Waals surface area contributed by atoms with Gasteiger partial charge in [-0.05, 0) is 19.3 Å². The molecule has 200 valence electrons. The molecule has 0 spiro atoms. The van der Waals surface area contributed by atoms with Crippen LogP contribution in [0.15, 0.2) is 0 Å². The van der Waals surface area contributed by atoms with Crippen LogP contribution in [0.1, 0.15) is 97.8 Å². The van der Waals surface area contributed by atoms with Crippen LogP contribution in [0, 0.1) is 0 Å². The summed E-state index contributed by atoms with van der Waals surface area (Å²) in [4.78, 5) is 1.97. The molecule has 3 rings (SSSR count). The molecule has 3 aliphatic rings. The highest BCUT2D eigenvalue weighted by atomic mass is 15.4. The van der Waals surface area contributed by atoms with Gasteiger partial charge in [0.2, 0.25) is 0 Å². The first-order chi connectivity index (χ1) is 16.6. The molecule has 1 N–H and O–H groups in total. The molecule has 4 nitrogen and oxygen atoms in total. The molecule has 0 bridgehead atoms. The third-order valence-corrected chi connectivity index (χ3v) is 10.3. The van der Waals surface area contributed by atoms with E-state index in [1.54, 1.807) is 0 Å². The normalized spacial score (nSPS) is 23.3. The predicted octanol–water partition coefficient (Wildman–Crippen LogP) is 4.10. The van der Waals surface area contributed by atoms with Gasteiger partial charge in [0.25, 0.3) is 0 Å². The molecule has 34 heavy (non-hydrogen) atoms. The largest absolute Gasteiger partial charge is 0.321 e. The molecular formula is C30H64N4+4. The fraction of sp³-hybridized carbons (Fsp3) is 1.00. The number of nitrogens with one attached hydrogen (secondary N) is 1. The quantitative estimate of drug-likeness (QED) is 0.282. The molecule has 0 aromatic heterocycles. The third kappa shape index (κ3) is 8.46. The second-order valence-corrected chi connectivity index (χ2v) is 12.9. The summed E-state index contributed by atoms with van der Waals surface area (Å²) in [6.07, 6.45) is 17.3. The third-order valence-electron chi connectivity index (χ3n) is 10.3. The lowest BCUT2D eigenvalue weighted by Crippen LogP contribution is -3.14. The summed E-state index contributed by atoms with van der Waals surface area (Å²) in [6, 6.07) is 0. The molecule has 3 heterocycles. The van der Waals surface area contributed by atoms with E-state index in [-0.39, 0.29) is 0 Å². The van der Waals surface area contributed by atoms with Gasteiger partial charge < -0.3 is 18.3 Å². The average molecular weight is 481 g/mol. The first kappa shape index (κ1) is 28.4. The summed E-state index contributed by atoms with van der Waals surface area (Å²) >= 11 is 0. The Morgan fingerprint density at radius 1 is 0.412 bits per heavy atom. The molecule has 0 saturated carbocycles. The van der Waals surface area contributed by atoms with Crippen molar-refractivity contribution in [2.75, 3.05) is 98.2 Å². The fourth-order valence-corrected chi connectivity index (χ4v) is 7.74. The number of hydrogen-bond acceptors (Lipinski definition) is 0. The minimum Gasteiger partial charge on any atom is -0.321 e. The average Bonchev–Trinajstić information content (AvgIpc) is 3.62. The Bertz CT molecular complexity index is 454. The number of nitrogens with zero attached hydrogens (tertiary/aromatic N) is 3. The molecule has 4 heteroatoms. The molecule has 0 atom stereocenters. The highest BCUT2D eigenvalue weighted by Gasteiger charge is 2.37. The Balaban J connectivity index is 1.62. The number of unbranched alkanes of at least 4 members (excludes halogenated alkanes) is 3. The van der Waals surface area contributed by atoms with E-state index in [1.807, 2.05) is 4.90 Å². The van der Waals surface area contributed by atoms with Gasteiger partial charge in [-0.3, -0.25) is 0 Å². The maximum absolute atomic E-state index is 2.38. The maximum Gasteiger partial charge on any atom is 0.128 e. The summed E-state index contributed by atoms with van der Waals surface area (Å²) in [5.74, 6) is 0. The topological polar surface area (TPSA) is 4.44 Å². The molecule has 3 aliphatic heterocycles. The maximum atomic E-state index is 2.38. The second kappa shape index (κ2) is 14.5. The van der Waals surface area contributed by atoms with Crippen molar-refractivity contribution in [2.24, 2.45) is 0 Å². The van der Waals surface area contributed by atoms with Crippen LogP contribution >= 0.6 is 0 Å². The molecule has 3 fully saturated rings. The summed E-state index contributed by atoms with van der Waals surface area (Å²) < 4.78 is 4.38. The molecule has 0 radical (unpaired) electrons. The minimum absolute atomic E-state index is 1.37. The Morgan fingerprint density at radius 3 is 0.912 bits per heavy atom. The van der Waals surface area contributed by atoms with Gasteiger partial charge in [-0.25, -0.2) is 0 Å². The van der Waals surface area contributed by atoms with Gasteiger partial charge >= 0.3 is 0 Å². The summed E-state index contributed by atoms with van der Waals surface area (Å²) in [6.45, 7) is 29.0. The lowest BCUT2D eigenvalue weighted by molar-refractivity contribution is -1.00. The van der Waals surface area contributed by atoms with Gasteiger partial charge in [-0.1, -0.05) is 40.0 Å². The van der Waals surface area contributed by atoms with Crippen molar-refractivity contribution in [1.82, 2.24) is 0 Å². The zero-order chi connectivity index (χ0) is 24.2. The van der Waals surface area contributed by atoms with Crippen molar-refractivity contribution in [3.05, 3.63) is 0 Å². The number of quaternary nitrogens is 4. The van der Waals surface area contributed by atoms with Crippen LogP contribution in [0.4, 0.5) is 0 Å². The van der Waals surface area contributed by atoms with E-state index in [4.69, 9.17) is 0 Å². The van der Waals surface area contributed by atoms with E-state index in [0.717, 1.165) is 0 Å². The van der Waals surface area contributed by atoms with Crippen LogP contribution in [0.2, 0.25) is 0 Å². The van der Waals surface area contributed by atoms with Gasteiger partial charge in [-0.2, -0.15) is 0 Å². The monoisotopic (exact) mass is 481 g/mol. The smallest absolute Gasteiger partial charge is 0.128 e. The molecule has 0 aromatic carbocycles. The summed E-state index contributed by atoms with van der Waals surface area (Å²) in [5, 5.41) is 0. The molecule has 0 aromatic rings. The van der Waals surface area contributed by atoms with Crippen LogP contribution in [-0.2, 0) is 0 Å². The van der Waals surface area contributed by atoms with Crippen molar-refractivity contribution in [1.29, 1.82) is 0 Å². The van der Waals surface area contributed by atoms with Crippen LogP contribution < -0.4 is 4.90 Å². The molecular weight excluding hydrogens is 416 g/mol. The van der Waals surface area contributed by atoms with Crippen molar-refractivity contribution in [3.63, 3.8) is 0 Å². The predicted molar refractivity (Wildman–Crippen MR) is 147 cm³/mol. The summed E-state index contributed by atoms with van der Waals surface area (Å²) in [5.41, 5.74) is 0. The minimum atomic E-state index is 1.37. The van der Waals surface area contributed by atoms with Crippen LogP contribution in [0.25, 0.3) is 0 Å². The zero-order valence-electron chi connectivity index (χ0n) is 23.9. The highest BCUT2D eigenvalue weighted by molar-refractivity contribution is 4.59. The van der Waals surface area contributed by atoms with Gasteiger partial charge in [0.05, 0.1) is 58.9 Å². The van der Waals surface area contributed by atoms with E-state index < -0.39 is 0 Å². The van der Waals surface area contributed by atoms with E-state index in [1.165, 1.54) is 189 Å². The Kier molecular flexibility index (Phi) is 12.2. The molecule has 0 aliphatic carbocycles. The van der Waals surface area contributed by atoms with Gasteiger partial charge in [-0.15, -0.1) is 0 Å². The molecule has 0 amide bonds. The van der Waals surface area contributed by atoms with Gasteiger partial charge in [0.15, 0.2) is 0 Å². The first-order valence-corrected chi connectivity index (χ1v) is 16.0. The molecule has 3 saturated heterocycles. The zero-order valence-corrected chi connectivity index (χ0v) is 23.9. The van der Waals surface area contributed by atoms with Crippen LogP contribution in [0.5, 0.6) is 0 Å². The van der Waals surface area contributed by atoms with Crippen LogP contribution in [-0.4, -0.2) is 112 Å². The van der Waals surface area contributed by atoms with Crippen molar-refractivity contribution in [2.45, 2.75) is 97.8 Å². The highest BCUT2D eigenvalue weighted by Crippen LogP contribution is 2.22. The Morgan fingerprint density at radius 2 is 0.676 bits per heavy atom.